The molecule has 1 atom stereocenters. The largest absolute Gasteiger partial charge is 0.305 e. The van der Waals surface area contributed by atoms with E-state index in [0.29, 0.717) is 6.04 Å². The maximum Gasteiger partial charge on any atom is 0.152 e. The second-order valence-corrected chi connectivity index (χ2v) is 6.32. The van der Waals surface area contributed by atoms with Gasteiger partial charge in [0.1, 0.15) is 0 Å². The van der Waals surface area contributed by atoms with E-state index in [1.54, 1.807) is 0 Å². The Hall–Kier alpha value is -1.67. The van der Waals surface area contributed by atoms with Gasteiger partial charge in [-0.25, -0.2) is 0 Å². The van der Waals surface area contributed by atoms with E-state index >= 15 is 0 Å². The van der Waals surface area contributed by atoms with Crippen LogP contribution in [0.5, 0.6) is 0 Å². The van der Waals surface area contributed by atoms with E-state index in [9.17, 15) is 4.79 Å². The van der Waals surface area contributed by atoms with Gasteiger partial charge < -0.3 is 5.32 Å². The van der Waals surface area contributed by atoms with Gasteiger partial charge in [-0.3, -0.25) is 4.79 Å². The molecule has 0 aliphatic carbocycles. The predicted octanol–water partition coefficient (Wildman–Crippen LogP) is 3.97. The Morgan fingerprint density at radius 3 is 2.29 bits per heavy atom. The molecule has 2 aromatic carbocycles. The molecule has 0 unspecified atom stereocenters. The minimum Gasteiger partial charge on any atom is -0.305 e. The Kier molecular flexibility index (Phi) is 5.13. The maximum absolute atomic E-state index is 12.4. The highest BCUT2D eigenvalue weighted by Crippen LogP contribution is 2.17. The van der Waals surface area contributed by atoms with E-state index in [4.69, 9.17) is 0 Å². The van der Waals surface area contributed by atoms with Crippen LogP contribution in [0.2, 0.25) is 0 Å². The first-order valence-electron chi connectivity index (χ1n) is 7.75. The van der Waals surface area contributed by atoms with Crippen LogP contribution in [-0.4, -0.2) is 17.9 Å². The van der Waals surface area contributed by atoms with E-state index in [0.717, 1.165) is 6.42 Å². The Bertz CT molecular complexity index is 616. The second-order valence-electron chi connectivity index (χ2n) is 6.32. The summed E-state index contributed by atoms with van der Waals surface area (Å²) in [6, 6.07) is 15.0. The smallest absolute Gasteiger partial charge is 0.152 e. The third-order valence-corrected chi connectivity index (χ3v) is 3.70. The molecule has 2 heteroatoms. The summed E-state index contributed by atoms with van der Waals surface area (Å²) in [4.78, 5) is 12.4. The molecule has 2 aromatic rings. The van der Waals surface area contributed by atoms with Crippen LogP contribution < -0.4 is 5.32 Å². The first kappa shape index (κ1) is 15.7. The number of ketones is 1. The quantitative estimate of drug-likeness (QED) is 0.869. The van der Waals surface area contributed by atoms with E-state index < -0.39 is 0 Å². The Balaban J connectivity index is 2.23. The Morgan fingerprint density at radius 1 is 1.00 bits per heavy atom. The molecule has 112 valence electrons. The van der Waals surface area contributed by atoms with Crippen LogP contribution in [0.15, 0.2) is 42.5 Å². The van der Waals surface area contributed by atoms with Crippen molar-refractivity contribution >= 4 is 16.6 Å². The van der Waals surface area contributed by atoms with Crippen LogP contribution in [0.25, 0.3) is 10.8 Å². The van der Waals surface area contributed by atoms with E-state index in [1.165, 1.54) is 16.3 Å². The molecule has 0 amide bonds. The molecule has 0 aliphatic rings. The fraction of sp³-hybridized carbons (Fsp3) is 0.421. The van der Waals surface area contributed by atoms with Gasteiger partial charge in [0.2, 0.25) is 0 Å². The van der Waals surface area contributed by atoms with Gasteiger partial charge >= 0.3 is 0 Å². The second kappa shape index (κ2) is 6.86. The SMILES string of the molecule is CC(C)N[C@@H](Cc1ccc2ccccc2c1)C(=O)C(C)C. The number of carbonyl (C=O) groups is 1. The van der Waals surface area contributed by atoms with Gasteiger partial charge in [0.25, 0.3) is 0 Å². The summed E-state index contributed by atoms with van der Waals surface area (Å²) < 4.78 is 0. The minimum atomic E-state index is -0.105. The fourth-order valence-electron chi connectivity index (χ4n) is 2.65. The van der Waals surface area contributed by atoms with Gasteiger partial charge in [0, 0.05) is 12.0 Å². The standard InChI is InChI=1S/C19H25NO/c1-13(2)19(21)18(20-14(3)4)12-15-9-10-16-7-5-6-8-17(16)11-15/h5-11,13-14,18,20H,12H2,1-4H3/t18-/m0/s1. The van der Waals surface area contributed by atoms with Crippen LogP contribution in [0.3, 0.4) is 0 Å². The lowest BCUT2D eigenvalue weighted by Gasteiger charge is -2.22. The van der Waals surface area contributed by atoms with E-state index in [1.807, 2.05) is 19.9 Å². The molecule has 0 aliphatic heterocycles. The van der Waals surface area contributed by atoms with Crippen molar-refractivity contribution in [3.8, 4) is 0 Å². The number of carbonyl (C=O) groups excluding carboxylic acids is 1. The summed E-state index contributed by atoms with van der Waals surface area (Å²) in [5, 5.41) is 5.88. The molecule has 2 rings (SSSR count). The molecule has 0 saturated heterocycles. The number of nitrogens with one attached hydrogen (secondary N) is 1. The summed E-state index contributed by atoms with van der Waals surface area (Å²) in [5.41, 5.74) is 1.21. The third-order valence-electron chi connectivity index (χ3n) is 3.70. The van der Waals surface area contributed by atoms with Gasteiger partial charge in [-0.2, -0.15) is 0 Å². The van der Waals surface area contributed by atoms with Gasteiger partial charge in [0.15, 0.2) is 5.78 Å². The molecule has 0 fully saturated rings. The highest BCUT2D eigenvalue weighted by molar-refractivity contribution is 5.87. The summed E-state index contributed by atoms with van der Waals surface area (Å²) in [6.45, 7) is 8.11. The zero-order chi connectivity index (χ0) is 15.4. The number of rotatable bonds is 6. The predicted molar refractivity (Wildman–Crippen MR) is 89.6 cm³/mol. The first-order valence-corrected chi connectivity index (χ1v) is 7.75. The van der Waals surface area contributed by atoms with Crippen molar-refractivity contribution < 1.29 is 4.79 Å². The lowest BCUT2D eigenvalue weighted by Crippen LogP contribution is -2.44. The number of benzene rings is 2. The molecular weight excluding hydrogens is 258 g/mol. The van der Waals surface area contributed by atoms with Gasteiger partial charge in [-0.1, -0.05) is 70.2 Å². The van der Waals surface area contributed by atoms with Gasteiger partial charge in [-0.05, 0) is 22.8 Å². The van der Waals surface area contributed by atoms with Crippen molar-refractivity contribution in [2.45, 2.75) is 46.2 Å². The summed E-state index contributed by atoms with van der Waals surface area (Å²) >= 11 is 0. The van der Waals surface area contributed by atoms with Gasteiger partial charge in [0.05, 0.1) is 6.04 Å². The topological polar surface area (TPSA) is 29.1 Å². The molecular formula is C19H25NO. The lowest BCUT2D eigenvalue weighted by molar-refractivity contribution is -0.124. The first-order chi connectivity index (χ1) is 9.97. The molecule has 0 radical (unpaired) electrons. The molecule has 0 saturated carbocycles. The Labute approximate surface area is 127 Å². The number of Topliss-reactive ketones (excluding diaryl/α,β-unsaturated/α-hetero) is 1. The van der Waals surface area contributed by atoms with E-state index in [-0.39, 0.29) is 17.7 Å². The molecule has 0 aromatic heterocycles. The molecule has 1 N–H and O–H groups in total. The molecule has 0 spiro atoms. The summed E-state index contributed by atoms with van der Waals surface area (Å²) in [7, 11) is 0. The van der Waals surface area contributed by atoms with Crippen molar-refractivity contribution in [2.75, 3.05) is 0 Å². The fourth-order valence-corrected chi connectivity index (χ4v) is 2.65. The normalized spacial score (nSPS) is 13.0. The number of fused-ring (bicyclic) bond motifs is 1. The monoisotopic (exact) mass is 283 g/mol. The maximum atomic E-state index is 12.4. The highest BCUT2D eigenvalue weighted by Gasteiger charge is 2.22. The van der Waals surface area contributed by atoms with Crippen LogP contribution in [0.4, 0.5) is 0 Å². The Morgan fingerprint density at radius 2 is 1.67 bits per heavy atom. The van der Waals surface area contributed by atoms with Crippen molar-refractivity contribution in [1.29, 1.82) is 0 Å². The van der Waals surface area contributed by atoms with Crippen molar-refractivity contribution in [1.82, 2.24) is 5.32 Å². The van der Waals surface area contributed by atoms with Crippen molar-refractivity contribution in [3.05, 3.63) is 48.0 Å². The molecule has 2 nitrogen and oxygen atoms in total. The molecule has 0 heterocycles. The molecule has 21 heavy (non-hydrogen) atoms. The minimum absolute atomic E-state index is 0.0571. The molecule has 0 bridgehead atoms. The van der Waals surface area contributed by atoms with Crippen LogP contribution in [0.1, 0.15) is 33.3 Å². The zero-order valence-corrected chi connectivity index (χ0v) is 13.4. The number of hydrogen-bond donors (Lipinski definition) is 1. The van der Waals surface area contributed by atoms with Crippen LogP contribution >= 0.6 is 0 Å². The summed E-state index contributed by atoms with van der Waals surface area (Å²) in [5.74, 6) is 0.346. The summed E-state index contributed by atoms with van der Waals surface area (Å²) in [6.07, 6.45) is 0.750. The van der Waals surface area contributed by atoms with Crippen LogP contribution in [-0.2, 0) is 11.2 Å². The van der Waals surface area contributed by atoms with Gasteiger partial charge in [-0.15, -0.1) is 0 Å². The number of hydrogen-bond acceptors (Lipinski definition) is 2. The third kappa shape index (κ3) is 4.15. The van der Waals surface area contributed by atoms with Crippen molar-refractivity contribution in [3.63, 3.8) is 0 Å². The average Bonchev–Trinajstić information content (AvgIpc) is 2.45. The zero-order valence-electron chi connectivity index (χ0n) is 13.4. The van der Waals surface area contributed by atoms with Crippen molar-refractivity contribution in [2.24, 2.45) is 5.92 Å². The van der Waals surface area contributed by atoms with Crippen LogP contribution in [0, 0.1) is 5.92 Å². The lowest BCUT2D eigenvalue weighted by atomic mass is 9.94. The average molecular weight is 283 g/mol. The van der Waals surface area contributed by atoms with E-state index in [2.05, 4.69) is 55.6 Å². The highest BCUT2D eigenvalue weighted by atomic mass is 16.1.